The minimum absolute atomic E-state index is 0. The minimum Gasteiger partial charge on any atom is -0.106 e. The Balaban J connectivity index is -0.0000000133. The molecule has 0 spiro atoms. The van der Waals surface area contributed by atoms with Gasteiger partial charge in [0.1, 0.15) is 0 Å². The molecular formula is C4H8Ti. The summed E-state index contributed by atoms with van der Waals surface area (Å²) in [7, 11) is 0. The second-order valence-electron chi connectivity index (χ2n) is 0. The second-order valence-corrected chi connectivity index (χ2v) is 0. The quantitative estimate of drug-likeness (QED) is 0.323. The summed E-state index contributed by atoms with van der Waals surface area (Å²) >= 11 is 0. The molecule has 0 bridgehead atoms. The average molecular weight is 104 g/mol. The van der Waals surface area contributed by atoms with Crippen LogP contribution < -0.4 is 0 Å². The Labute approximate surface area is 48.5 Å². The van der Waals surface area contributed by atoms with Crippen LogP contribution in [-0.2, 0) is 21.7 Å². The van der Waals surface area contributed by atoms with E-state index in [0.717, 1.165) is 0 Å². The Morgan fingerprint density at radius 2 is 0.600 bits per heavy atom. The maximum Gasteiger partial charge on any atom is 0 e. The van der Waals surface area contributed by atoms with Gasteiger partial charge in [-0.05, 0) is 0 Å². The van der Waals surface area contributed by atoms with E-state index >= 15 is 0 Å². The molecule has 5 heavy (non-hydrogen) atoms. The molecule has 0 aromatic heterocycles. The summed E-state index contributed by atoms with van der Waals surface area (Å²) in [5.41, 5.74) is 0. The maximum atomic E-state index is 3.00. The third-order valence-electron chi connectivity index (χ3n) is 0. The molecule has 0 unspecified atom stereocenters. The predicted octanol–water partition coefficient (Wildman–Crippen LogP) is 1.60. The summed E-state index contributed by atoms with van der Waals surface area (Å²) in [6.07, 6.45) is 0. The van der Waals surface area contributed by atoms with Crippen molar-refractivity contribution in [3.8, 4) is 0 Å². The Bertz CT molecular complexity index is 5.61. The zero-order chi connectivity index (χ0) is 4.00. The third kappa shape index (κ3) is 535. The Kier molecular flexibility index (Phi) is 4300. The summed E-state index contributed by atoms with van der Waals surface area (Å²) in [6, 6.07) is 0. The molecule has 0 aliphatic carbocycles. The predicted molar refractivity (Wildman–Crippen MR) is 22.5 cm³/mol. The number of rotatable bonds is 0. The molecule has 0 rings (SSSR count). The van der Waals surface area contributed by atoms with E-state index in [0.29, 0.717) is 0 Å². The van der Waals surface area contributed by atoms with Crippen LogP contribution in [0.15, 0.2) is 26.3 Å². The molecule has 0 heterocycles. The Morgan fingerprint density at radius 3 is 0.600 bits per heavy atom. The second kappa shape index (κ2) is 1130. The first-order chi connectivity index (χ1) is 2.00. The first kappa shape index (κ1) is 19.0. The third-order valence-corrected chi connectivity index (χ3v) is 0. The molecule has 0 saturated heterocycles. The first-order valence-electron chi connectivity index (χ1n) is 1.000. The molecule has 28 valence electrons. The number of hydrogen-bond acceptors (Lipinski definition) is 0. The average Bonchev–Trinajstić information content (AvgIpc) is 1.50. The van der Waals surface area contributed by atoms with Gasteiger partial charge in [0, 0.05) is 21.7 Å². The summed E-state index contributed by atoms with van der Waals surface area (Å²) < 4.78 is 0. The van der Waals surface area contributed by atoms with Crippen LogP contribution in [0.1, 0.15) is 0 Å². The van der Waals surface area contributed by atoms with Gasteiger partial charge in [0.05, 0.1) is 0 Å². The van der Waals surface area contributed by atoms with Gasteiger partial charge in [-0.1, -0.05) is 0 Å². The van der Waals surface area contributed by atoms with E-state index in [9.17, 15) is 0 Å². The van der Waals surface area contributed by atoms with Crippen molar-refractivity contribution in [2.75, 3.05) is 0 Å². The number of hydrogen-bond donors (Lipinski definition) is 0. The van der Waals surface area contributed by atoms with Gasteiger partial charge in [0.25, 0.3) is 0 Å². The fourth-order valence-corrected chi connectivity index (χ4v) is 0. The van der Waals surface area contributed by atoms with E-state index in [2.05, 4.69) is 26.3 Å². The van der Waals surface area contributed by atoms with Gasteiger partial charge in [0.2, 0.25) is 0 Å². The largest absolute Gasteiger partial charge is 0.106 e. The van der Waals surface area contributed by atoms with E-state index < -0.39 is 0 Å². The van der Waals surface area contributed by atoms with Crippen molar-refractivity contribution >= 4 is 0 Å². The molecule has 0 radical (unpaired) electrons. The summed E-state index contributed by atoms with van der Waals surface area (Å²) in [4.78, 5) is 0. The molecule has 1 heteroatoms. The first-order valence-corrected chi connectivity index (χ1v) is 1.000. The normalized spacial score (nSPS) is 1.60. The zero-order valence-corrected chi connectivity index (χ0v) is 4.89. The Hall–Kier alpha value is 0.194. The van der Waals surface area contributed by atoms with Crippen LogP contribution in [0.5, 0.6) is 0 Å². The molecule has 0 aromatic carbocycles. The standard InChI is InChI=1S/2C2H4.Ti/c2*1-2;/h2*1-2H2;. The van der Waals surface area contributed by atoms with Gasteiger partial charge >= 0.3 is 0 Å². The van der Waals surface area contributed by atoms with Gasteiger partial charge in [0.15, 0.2) is 0 Å². The minimum atomic E-state index is 0. The zero-order valence-electron chi connectivity index (χ0n) is 3.33. The fourth-order valence-electron chi connectivity index (χ4n) is 0. The van der Waals surface area contributed by atoms with Crippen molar-refractivity contribution < 1.29 is 21.7 Å². The SMILES string of the molecule is C=C.C=C.[Ti]. The van der Waals surface area contributed by atoms with Gasteiger partial charge in [-0.15, -0.1) is 26.3 Å². The van der Waals surface area contributed by atoms with Crippen molar-refractivity contribution in [2.45, 2.75) is 0 Å². The molecule has 0 aliphatic rings. The van der Waals surface area contributed by atoms with Gasteiger partial charge in [-0.3, -0.25) is 0 Å². The van der Waals surface area contributed by atoms with Gasteiger partial charge in [-0.25, -0.2) is 0 Å². The van der Waals surface area contributed by atoms with Crippen LogP contribution in [0.25, 0.3) is 0 Å². The van der Waals surface area contributed by atoms with Crippen LogP contribution in [-0.4, -0.2) is 0 Å². The molecule has 0 nitrogen and oxygen atoms in total. The van der Waals surface area contributed by atoms with Crippen LogP contribution >= 0.6 is 0 Å². The van der Waals surface area contributed by atoms with Gasteiger partial charge in [-0.2, -0.15) is 0 Å². The fraction of sp³-hybridized carbons (Fsp3) is 0. The van der Waals surface area contributed by atoms with E-state index in [1.54, 1.807) is 0 Å². The molecular weight excluding hydrogens is 95.9 g/mol. The van der Waals surface area contributed by atoms with Crippen LogP contribution in [0.2, 0.25) is 0 Å². The Morgan fingerprint density at radius 1 is 0.600 bits per heavy atom. The van der Waals surface area contributed by atoms with Crippen molar-refractivity contribution in [1.82, 2.24) is 0 Å². The summed E-state index contributed by atoms with van der Waals surface area (Å²) in [6.45, 7) is 12.0. The molecule has 0 fully saturated rings. The van der Waals surface area contributed by atoms with Crippen LogP contribution in [0, 0.1) is 0 Å². The van der Waals surface area contributed by atoms with E-state index in [1.165, 1.54) is 0 Å². The molecule has 0 aliphatic heterocycles. The van der Waals surface area contributed by atoms with E-state index in [1.807, 2.05) is 0 Å². The monoisotopic (exact) mass is 104 g/mol. The summed E-state index contributed by atoms with van der Waals surface area (Å²) in [5, 5.41) is 0. The molecule has 0 amide bonds. The maximum absolute atomic E-state index is 3.00. The van der Waals surface area contributed by atoms with Crippen molar-refractivity contribution in [3.05, 3.63) is 26.3 Å². The molecule has 0 atom stereocenters. The van der Waals surface area contributed by atoms with Crippen molar-refractivity contribution in [2.24, 2.45) is 0 Å². The van der Waals surface area contributed by atoms with Crippen LogP contribution in [0.3, 0.4) is 0 Å². The van der Waals surface area contributed by atoms with E-state index in [-0.39, 0.29) is 21.7 Å². The van der Waals surface area contributed by atoms with Crippen LogP contribution in [0.4, 0.5) is 0 Å². The molecule has 0 N–H and O–H groups in total. The van der Waals surface area contributed by atoms with E-state index in [4.69, 9.17) is 0 Å². The molecule has 0 saturated carbocycles. The van der Waals surface area contributed by atoms with Crippen molar-refractivity contribution in [1.29, 1.82) is 0 Å². The molecule has 0 aromatic rings. The topological polar surface area (TPSA) is 0 Å². The summed E-state index contributed by atoms with van der Waals surface area (Å²) in [5.74, 6) is 0. The van der Waals surface area contributed by atoms with Crippen molar-refractivity contribution in [3.63, 3.8) is 0 Å². The van der Waals surface area contributed by atoms with Gasteiger partial charge < -0.3 is 0 Å². The smallest absolute Gasteiger partial charge is 0 e.